The molecule has 1 aromatic carbocycles. The second-order valence-corrected chi connectivity index (χ2v) is 3.28. The molecule has 1 heterocycles. The molecular weight excluding hydrogens is 164 g/mol. The average Bonchev–Trinajstić information content (AvgIpc) is 2.67. The van der Waals surface area contributed by atoms with E-state index in [9.17, 15) is 0 Å². The molecule has 0 aromatic heterocycles. The molecule has 70 valence electrons. The van der Waals surface area contributed by atoms with Gasteiger partial charge < -0.3 is 9.47 Å². The maximum absolute atomic E-state index is 5.45. The molecular formula is C11H14O2. The van der Waals surface area contributed by atoms with Gasteiger partial charge in [-0.2, -0.15) is 0 Å². The first-order valence-corrected chi connectivity index (χ1v) is 4.61. The third-order valence-corrected chi connectivity index (χ3v) is 2.50. The predicted octanol–water partition coefficient (Wildman–Crippen LogP) is 2.16. The van der Waals surface area contributed by atoms with Crippen molar-refractivity contribution in [3.8, 4) is 0 Å². The first kappa shape index (κ1) is 8.73. The lowest BCUT2D eigenvalue weighted by Crippen LogP contribution is -2.16. The van der Waals surface area contributed by atoms with Gasteiger partial charge in [-0.25, -0.2) is 0 Å². The fourth-order valence-electron chi connectivity index (χ4n) is 1.82. The van der Waals surface area contributed by atoms with Crippen molar-refractivity contribution in [3.63, 3.8) is 0 Å². The summed E-state index contributed by atoms with van der Waals surface area (Å²) in [7, 11) is 1.70. The summed E-state index contributed by atoms with van der Waals surface area (Å²) in [6, 6.07) is 10.4. The van der Waals surface area contributed by atoms with Crippen LogP contribution < -0.4 is 0 Å². The van der Waals surface area contributed by atoms with Crippen LogP contribution in [0.2, 0.25) is 0 Å². The van der Waals surface area contributed by atoms with E-state index in [0.29, 0.717) is 5.92 Å². The van der Waals surface area contributed by atoms with Crippen LogP contribution in [0.5, 0.6) is 0 Å². The maximum Gasteiger partial charge on any atom is 0.164 e. The lowest BCUT2D eigenvalue weighted by molar-refractivity contribution is -0.0963. The third kappa shape index (κ3) is 1.74. The number of methoxy groups -OCH3 is 1. The molecule has 0 aliphatic carbocycles. The predicted molar refractivity (Wildman–Crippen MR) is 50.5 cm³/mol. The van der Waals surface area contributed by atoms with Crippen LogP contribution in [0.15, 0.2) is 30.3 Å². The van der Waals surface area contributed by atoms with Crippen LogP contribution >= 0.6 is 0 Å². The minimum absolute atomic E-state index is 0.0533. The van der Waals surface area contributed by atoms with Crippen molar-refractivity contribution in [1.29, 1.82) is 0 Å². The van der Waals surface area contributed by atoms with E-state index in [0.717, 1.165) is 13.0 Å². The van der Waals surface area contributed by atoms with Crippen molar-refractivity contribution in [2.45, 2.75) is 18.6 Å². The molecule has 0 amide bonds. The van der Waals surface area contributed by atoms with Crippen molar-refractivity contribution in [2.75, 3.05) is 13.7 Å². The fraction of sp³-hybridized carbons (Fsp3) is 0.455. The van der Waals surface area contributed by atoms with Gasteiger partial charge >= 0.3 is 0 Å². The molecule has 1 fully saturated rings. The van der Waals surface area contributed by atoms with Gasteiger partial charge in [-0.15, -0.1) is 0 Å². The Morgan fingerprint density at radius 2 is 2.08 bits per heavy atom. The Morgan fingerprint density at radius 3 is 2.77 bits per heavy atom. The van der Waals surface area contributed by atoms with Crippen LogP contribution in [-0.2, 0) is 9.47 Å². The summed E-state index contributed by atoms with van der Waals surface area (Å²) >= 11 is 0. The summed E-state index contributed by atoms with van der Waals surface area (Å²) in [4.78, 5) is 0. The van der Waals surface area contributed by atoms with Crippen molar-refractivity contribution in [1.82, 2.24) is 0 Å². The van der Waals surface area contributed by atoms with Crippen LogP contribution in [0, 0.1) is 0 Å². The molecule has 0 radical (unpaired) electrons. The molecule has 0 N–H and O–H groups in total. The highest BCUT2D eigenvalue weighted by Crippen LogP contribution is 2.31. The van der Waals surface area contributed by atoms with E-state index in [4.69, 9.17) is 9.47 Å². The van der Waals surface area contributed by atoms with Crippen LogP contribution in [0.4, 0.5) is 0 Å². The van der Waals surface area contributed by atoms with Gasteiger partial charge in [-0.3, -0.25) is 0 Å². The Kier molecular flexibility index (Phi) is 2.62. The fourth-order valence-corrected chi connectivity index (χ4v) is 1.82. The second kappa shape index (κ2) is 3.90. The highest BCUT2D eigenvalue weighted by Gasteiger charge is 2.28. The topological polar surface area (TPSA) is 18.5 Å². The minimum atomic E-state index is -0.0533. The van der Waals surface area contributed by atoms with E-state index >= 15 is 0 Å². The minimum Gasteiger partial charge on any atom is -0.355 e. The molecule has 0 unspecified atom stereocenters. The highest BCUT2D eigenvalue weighted by atomic mass is 16.7. The van der Waals surface area contributed by atoms with E-state index in [1.807, 2.05) is 6.07 Å². The molecule has 2 heteroatoms. The van der Waals surface area contributed by atoms with Crippen molar-refractivity contribution in [2.24, 2.45) is 0 Å². The van der Waals surface area contributed by atoms with Gasteiger partial charge in [0.1, 0.15) is 0 Å². The van der Waals surface area contributed by atoms with Gasteiger partial charge in [0, 0.05) is 13.0 Å². The maximum atomic E-state index is 5.45. The molecule has 13 heavy (non-hydrogen) atoms. The number of ether oxygens (including phenoxy) is 2. The highest BCUT2D eigenvalue weighted by molar-refractivity contribution is 5.20. The molecule has 0 spiro atoms. The van der Waals surface area contributed by atoms with Gasteiger partial charge in [0.15, 0.2) is 6.29 Å². The Labute approximate surface area is 78.5 Å². The standard InChI is InChI=1S/C11H14O2/c1-12-11-10(7-8-13-11)9-5-3-2-4-6-9/h2-6,10-11H,7-8H2,1H3/t10-,11+/m1/s1. The summed E-state index contributed by atoms with van der Waals surface area (Å²) < 4.78 is 10.7. The molecule has 1 aliphatic rings. The van der Waals surface area contributed by atoms with E-state index in [1.54, 1.807) is 7.11 Å². The Morgan fingerprint density at radius 1 is 1.31 bits per heavy atom. The summed E-state index contributed by atoms with van der Waals surface area (Å²) in [6.45, 7) is 0.804. The zero-order chi connectivity index (χ0) is 9.10. The quantitative estimate of drug-likeness (QED) is 0.691. The molecule has 0 saturated carbocycles. The first-order chi connectivity index (χ1) is 6.42. The number of hydrogen-bond acceptors (Lipinski definition) is 2. The molecule has 2 rings (SSSR count). The Balaban J connectivity index is 2.16. The average molecular weight is 178 g/mol. The molecule has 2 atom stereocenters. The Bertz CT molecular complexity index is 258. The summed E-state index contributed by atoms with van der Waals surface area (Å²) in [6.07, 6.45) is 1.00. The smallest absolute Gasteiger partial charge is 0.164 e. The summed E-state index contributed by atoms with van der Waals surface area (Å²) in [5.74, 6) is 0.409. The number of benzene rings is 1. The summed E-state index contributed by atoms with van der Waals surface area (Å²) in [5.41, 5.74) is 1.31. The molecule has 1 aliphatic heterocycles. The van der Waals surface area contributed by atoms with E-state index in [-0.39, 0.29) is 6.29 Å². The third-order valence-electron chi connectivity index (χ3n) is 2.50. The monoisotopic (exact) mass is 178 g/mol. The number of rotatable bonds is 2. The zero-order valence-electron chi connectivity index (χ0n) is 7.77. The van der Waals surface area contributed by atoms with E-state index < -0.39 is 0 Å². The lowest BCUT2D eigenvalue weighted by Gasteiger charge is -2.16. The van der Waals surface area contributed by atoms with Crippen molar-refractivity contribution < 1.29 is 9.47 Å². The van der Waals surface area contributed by atoms with E-state index in [2.05, 4.69) is 24.3 Å². The molecule has 0 bridgehead atoms. The van der Waals surface area contributed by atoms with Crippen molar-refractivity contribution >= 4 is 0 Å². The number of hydrogen-bond donors (Lipinski definition) is 0. The zero-order valence-corrected chi connectivity index (χ0v) is 7.77. The normalized spacial score (nSPS) is 27.8. The van der Waals surface area contributed by atoms with Gasteiger partial charge in [0.2, 0.25) is 0 Å². The van der Waals surface area contributed by atoms with Gasteiger partial charge in [-0.05, 0) is 12.0 Å². The summed E-state index contributed by atoms with van der Waals surface area (Å²) in [5, 5.41) is 0. The Hall–Kier alpha value is -0.860. The van der Waals surface area contributed by atoms with Crippen LogP contribution in [0.25, 0.3) is 0 Å². The largest absolute Gasteiger partial charge is 0.355 e. The molecule has 1 saturated heterocycles. The van der Waals surface area contributed by atoms with Crippen LogP contribution in [-0.4, -0.2) is 20.0 Å². The van der Waals surface area contributed by atoms with E-state index in [1.165, 1.54) is 5.56 Å². The SMILES string of the molecule is CO[C@H]1OCC[C@@H]1c1ccccc1. The second-order valence-electron chi connectivity index (χ2n) is 3.28. The lowest BCUT2D eigenvalue weighted by atomic mass is 9.97. The molecule has 1 aromatic rings. The van der Waals surface area contributed by atoms with Crippen LogP contribution in [0.1, 0.15) is 17.9 Å². The van der Waals surface area contributed by atoms with Crippen molar-refractivity contribution in [3.05, 3.63) is 35.9 Å². The van der Waals surface area contributed by atoms with Gasteiger partial charge in [-0.1, -0.05) is 30.3 Å². The molecule has 2 nitrogen and oxygen atoms in total. The van der Waals surface area contributed by atoms with Crippen LogP contribution in [0.3, 0.4) is 0 Å². The first-order valence-electron chi connectivity index (χ1n) is 4.61. The van der Waals surface area contributed by atoms with Gasteiger partial charge in [0.05, 0.1) is 6.61 Å². The van der Waals surface area contributed by atoms with Gasteiger partial charge in [0.25, 0.3) is 0 Å².